The summed E-state index contributed by atoms with van der Waals surface area (Å²) in [4.78, 5) is 12.8. The van der Waals surface area contributed by atoms with Gasteiger partial charge in [0, 0.05) is 19.0 Å². The molecule has 3 rings (SSSR count). The summed E-state index contributed by atoms with van der Waals surface area (Å²) in [5, 5.41) is 3.11. The van der Waals surface area contributed by atoms with Crippen molar-refractivity contribution in [1.29, 1.82) is 0 Å². The summed E-state index contributed by atoms with van der Waals surface area (Å²) >= 11 is 0. The topological polar surface area (TPSA) is 94.2 Å². The van der Waals surface area contributed by atoms with E-state index in [9.17, 15) is 13.2 Å². The molecule has 1 aliphatic heterocycles. The molecule has 1 heterocycles. The first kappa shape index (κ1) is 25.7. The number of fused-ring (bicyclic) bond motifs is 1. The number of carbonyl (C=O) groups is 1. The van der Waals surface area contributed by atoms with Crippen LogP contribution in [0.1, 0.15) is 44.7 Å². The lowest BCUT2D eigenvalue weighted by Crippen LogP contribution is -2.33. The highest BCUT2D eigenvalue weighted by Gasteiger charge is 2.22. The van der Waals surface area contributed by atoms with Crippen LogP contribution in [-0.2, 0) is 14.8 Å². The number of amides is 1. The molecule has 0 saturated carbocycles. The molecule has 0 aliphatic carbocycles. The quantitative estimate of drug-likeness (QED) is 0.513. The van der Waals surface area contributed by atoms with Crippen LogP contribution in [-0.4, -0.2) is 47.4 Å². The predicted octanol–water partition coefficient (Wildman–Crippen LogP) is 3.92. The first-order valence-corrected chi connectivity index (χ1v) is 13.3. The normalized spacial score (nSPS) is 13.9. The van der Waals surface area contributed by atoms with E-state index in [1.165, 1.54) is 4.31 Å². The number of carbonyl (C=O) groups excluding carboxylic acids is 1. The molecule has 34 heavy (non-hydrogen) atoms. The fourth-order valence-electron chi connectivity index (χ4n) is 3.91. The van der Waals surface area contributed by atoms with Crippen LogP contribution in [0.2, 0.25) is 0 Å². The van der Waals surface area contributed by atoms with E-state index in [4.69, 9.17) is 14.2 Å². The Kier molecular flexibility index (Phi) is 8.66. The molecule has 0 aromatic heterocycles. The van der Waals surface area contributed by atoms with Gasteiger partial charge in [0.2, 0.25) is 15.9 Å². The van der Waals surface area contributed by atoms with Gasteiger partial charge in [0.25, 0.3) is 0 Å². The summed E-state index contributed by atoms with van der Waals surface area (Å²) in [6.07, 6.45) is 2.54. The van der Waals surface area contributed by atoms with Crippen LogP contribution in [0, 0.1) is 5.92 Å². The first-order valence-electron chi connectivity index (χ1n) is 11.5. The summed E-state index contributed by atoms with van der Waals surface area (Å²) in [6, 6.07) is 12.6. The van der Waals surface area contributed by atoms with Gasteiger partial charge in [0.1, 0.15) is 19.0 Å². The van der Waals surface area contributed by atoms with E-state index in [1.54, 1.807) is 25.3 Å². The number of benzene rings is 2. The Hall–Kier alpha value is -2.94. The van der Waals surface area contributed by atoms with E-state index < -0.39 is 10.0 Å². The second kappa shape index (κ2) is 11.5. The molecule has 1 atom stereocenters. The van der Waals surface area contributed by atoms with Gasteiger partial charge in [-0.25, -0.2) is 8.42 Å². The fraction of sp³-hybridized carbons (Fsp3) is 0.480. The average Bonchev–Trinajstić information content (AvgIpc) is 2.80. The smallest absolute Gasteiger partial charge is 0.232 e. The molecule has 0 saturated heterocycles. The Morgan fingerprint density at radius 1 is 1.09 bits per heavy atom. The first-order chi connectivity index (χ1) is 16.2. The van der Waals surface area contributed by atoms with Gasteiger partial charge in [-0.2, -0.15) is 0 Å². The molecule has 1 amide bonds. The average molecular weight is 491 g/mol. The number of nitrogens with zero attached hydrogens (tertiary/aromatic N) is 1. The zero-order valence-electron chi connectivity index (χ0n) is 20.2. The highest BCUT2D eigenvalue weighted by atomic mass is 32.2. The maximum Gasteiger partial charge on any atom is 0.232 e. The third kappa shape index (κ3) is 7.03. The van der Waals surface area contributed by atoms with Crippen molar-refractivity contribution in [1.82, 2.24) is 5.32 Å². The van der Waals surface area contributed by atoms with E-state index in [0.717, 1.165) is 24.0 Å². The van der Waals surface area contributed by atoms with E-state index in [2.05, 4.69) is 19.2 Å². The number of anilines is 1. The molecule has 0 bridgehead atoms. The molecule has 1 aliphatic rings. The second-order valence-electron chi connectivity index (χ2n) is 8.79. The maximum absolute atomic E-state index is 12.8. The van der Waals surface area contributed by atoms with Crippen LogP contribution in [0.15, 0.2) is 42.5 Å². The number of methoxy groups -OCH3 is 1. The molecular weight excluding hydrogens is 456 g/mol. The molecular formula is C25H34N2O6S. The SMILES string of the molecule is COc1ccc(C(CC(C)C)NC(=O)CCCN(c2ccc3c(c2)OCCO3)S(C)(=O)=O)cc1. The molecule has 1 N–H and O–H groups in total. The van der Waals surface area contributed by atoms with Crippen LogP contribution < -0.4 is 23.8 Å². The van der Waals surface area contributed by atoms with Crippen LogP contribution in [0.3, 0.4) is 0 Å². The largest absolute Gasteiger partial charge is 0.497 e. The molecule has 8 nitrogen and oxygen atoms in total. The number of hydrogen-bond acceptors (Lipinski definition) is 6. The molecule has 2 aromatic rings. The van der Waals surface area contributed by atoms with Gasteiger partial charge in [-0.05, 0) is 48.6 Å². The van der Waals surface area contributed by atoms with Crippen LogP contribution in [0.25, 0.3) is 0 Å². The molecule has 9 heteroatoms. The molecule has 186 valence electrons. The molecule has 0 radical (unpaired) electrons. The summed E-state index contributed by atoms with van der Waals surface area (Å²) in [7, 11) is -1.92. The number of rotatable bonds is 11. The lowest BCUT2D eigenvalue weighted by Gasteiger charge is -2.25. The Labute approximate surface area is 202 Å². The Bertz CT molecular complexity index is 1070. The van der Waals surface area contributed by atoms with Crippen LogP contribution in [0.4, 0.5) is 5.69 Å². The van der Waals surface area contributed by atoms with E-state index in [-0.39, 0.29) is 24.9 Å². The standard InChI is InChI=1S/C25H34N2O6S/c1-18(2)16-22(19-7-10-21(31-3)11-8-19)26-25(28)6-5-13-27(34(4,29)30)20-9-12-23-24(17-20)33-15-14-32-23/h7-12,17-18,22H,5-6,13-16H2,1-4H3,(H,26,28). The van der Waals surface area contributed by atoms with Crippen LogP contribution >= 0.6 is 0 Å². The monoisotopic (exact) mass is 490 g/mol. The van der Waals surface area contributed by atoms with Crippen molar-refractivity contribution >= 4 is 21.6 Å². The number of ether oxygens (including phenoxy) is 3. The Balaban J connectivity index is 1.63. The minimum absolute atomic E-state index is 0.114. The third-order valence-electron chi connectivity index (χ3n) is 5.54. The zero-order chi connectivity index (χ0) is 24.7. The van der Waals surface area contributed by atoms with Crippen molar-refractivity contribution in [2.24, 2.45) is 5.92 Å². The van der Waals surface area contributed by atoms with Crippen molar-refractivity contribution in [3.05, 3.63) is 48.0 Å². The Morgan fingerprint density at radius 3 is 2.38 bits per heavy atom. The lowest BCUT2D eigenvalue weighted by molar-refractivity contribution is -0.122. The van der Waals surface area contributed by atoms with Crippen molar-refractivity contribution in [2.45, 2.75) is 39.2 Å². The van der Waals surface area contributed by atoms with Crippen molar-refractivity contribution in [3.8, 4) is 17.2 Å². The maximum atomic E-state index is 12.8. The van der Waals surface area contributed by atoms with E-state index in [1.807, 2.05) is 24.3 Å². The molecule has 1 unspecified atom stereocenters. The molecule has 2 aromatic carbocycles. The predicted molar refractivity (Wildman–Crippen MR) is 132 cm³/mol. The number of nitrogens with one attached hydrogen (secondary N) is 1. The summed E-state index contributed by atoms with van der Waals surface area (Å²) < 4.78 is 42.5. The minimum Gasteiger partial charge on any atom is -0.497 e. The fourth-order valence-corrected chi connectivity index (χ4v) is 4.87. The van der Waals surface area contributed by atoms with Gasteiger partial charge in [-0.15, -0.1) is 0 Å². The molecule has 0 spiro atoms. The van der Waals surface area contributed by atoms with E-state index in [0.29, 0.717) is 42.7 Å². The summed E-state index contributed by atoms with van der Waals surface area (Å²) in [5.74, 6) is 2.16. The van der Waals surface area contributed by atoms with Gasteiger partial charge in [-0.1, -0.05) is 26.0 Å². The van der Waals surface area contributed by atoms with Gasteiger partial charge < -0.3 is 19.5 Å². The third-order valence-corrected chi connectivity index (χ3v) is 6.73. The number of hydrogen-bond donors (Lipinski definition) is 1. The highest BCUT2D eigenvalue weighted by Crippen LogP contribution is 2.34. The molecule has 0 fully saturated rings. The van der Waals surface area contributed by atoms with Crippen LogP contribution in [0.5, 0.6) is 17.2 Å². The van der Waals surface area contributed by atoms with Gasteiger partial charge in [-0.3, -0.25) is 9.10 Å². The van der Waals surface area contributed by atoms with Gasteiger partial charge in [0.15, 0.2) is 11.5 Å². The lowest BCUT2D eigenvalue weighted by atomic mass is 9.96. The van der Waals surface area contributed by atoms with Crippen molar-refractivity contribution in [2.75, 3.05) is 37.4 Å². The van der Waals surface area contributed by atoms with Gasteiger partial charge in [0.05, 0.1) is 25.1 Å². The zero-order valence-corrected chi connectivity index (χ0v) is 21.1. The summed E-state index contributed by atoms with van der Waals surface area (Å²) in [5.41, 5.74) is 1.50. The Morgan fingerprint density at radius 2 is 1.76 bits per heavy atom. The minimum atomic E-state index is -3.54. The van der Waals surface area contributed by atoms with E-state index >= 15 is 0 Å². The number of sulfonamides is 1. The van der Waals surface area contributed by atoms with Crippen molar-refractivity contribution < 1.29 is 27.4 Å². The highest BCUT2D eigenvalue weighted by molar-refractivity contribution is 7.92. The summed E-state index contributed by atoms with van der Waals surface area (Å²) in [6.45, 7) is 5.29. The second-order valence-corrected chi connectivity index (χ2v) is 10.7. The van der Waals surface area contributed by atoms with Gasteiger partial charge >= 0.3 is 0 Å². The van der Waals surface area contributed by atoms with Crippen molar-refractivity contribution in [3.63, 3.8) is 0 Å².